The summed E-state index contributed by atoms with van der Waals surface area (Å²) in [6.07, 6.45) is 18.6. The van der Waals surface area contributed by atoms with Crippen LogP contribution in [-0.4, -0.2) is 196 Å². The number of pyridine rings is 3. The number of ether oxygens (including phenoxy) is 4. The minimum atomic E-state index is -2.63. The molecule has 24 nitrogen and oxygen atoms in total. The van der Waals surface area contributed by atoms with Gasteiger partial charge in [0.2, 0.25) is 17.8 Å². The first kappa shape index (κ1) is 95.2. The third kappa shape index (κ3) is 23.8. The summed E-state index contributed by atoms with van der Waals surface area (Å²) in [5.41, 5.74) is 6.87. The summed E-state index contributed by atoms with van der Waals surface area (Å²) in [6, 6.07) is 17.2. The lowest BCUT2D eigenvalue weighted by atomic mass is 9.86. The number of H-pyrrole nitrogens is 3. The number of halogens is 6. The fraction of sp³-hybridized carbons (Fsp3) is 0.629. The van der Waals surface area contributed by atoms with E-state index in [1.807, 2.05) is 59.7 Å². The average molecular weight is 1770 g/mol. The van der Waals surface area contributed by atoms with Crippen molar-refractivity contribution in [2.45, 2.75) is 328 Å². The van der Waals surface area contributed by atoms with Crippen molar-refractivity contribution in [2.75, 3.05) is 80.7 Å². The van der Waals surface area contributed by atoms with Crippen molar-refractivity contribution in [1.82, 2.24) is 45.6 Å². The number of aromatic amines is 3. The Bertz CT molecular complexity index is 4760. The summed E-state index contributed by atoms with van der Waals surface area (Å²) < 4.78 is 109. The molecule has 15 rings (SSSR count). The van der Waals surface area contributed by atoms with Gasteiger partial charge in [0, 0.05) is 202 Å². The number of rotatable bonds is 28. The minimum Gasteiger partial charge on any atom is -0.507 e. The summed E-state index contributed by atoms with van der Waals surface area (Å²) in [4.78, 5) is 100. The molecule has 3 amide bonds. The maximum Gasteiger partial charge on any atom is 0.256 e. The third-order valence-corrected chi connectivity index (χ3v) is 28.2. The van der Waals surface area contributed by atoms with Gasteiger partial charge in [0.1, 0.15) is 52.8 Å². The van der Waals surface area contributed by atoms with Gasteiger partial charge in [-0.25, -0.2) is 26.3 Å². The number of amides is 3. The zero-order chi connectivity index (χ0) is 90.8. The summed E-state index contributed by atoms with van der Waals surface area (Å²) in [5, 5.41) is 29.0. The molecule has 3 aromatic carbocycles. The fourth-order valence-corrected chi connectivity index (χ4v) is 20.5. The second-order valence-corrected chi connectivity index (χ2v) is 37.0. The highest BCUT2D eigenvalue weighted by Crippen LogP contribution is 2.46. The first-order valence-corrected chi connectivity index (χ1v) is 46.7. The van der Waals surface area contributed by atoms with E-state index in [1.54, 1.807) is 45.0 Å². The molecule has 3 saturated heterocycles. The smallest absolute Gasteiger partial charge is 0.256 e. The van der Waals surface area contributed by atoms with Crippen LogP contribution < -0.4 is 66.3 Å². The van der Waals surface area contributed by atoms with Crippen molar-refractivity contribution in [3.05, 3.63) is 153 Å². The maximum atomic E-state index is 14.0. The molecular formula is C97H134F6N12O12. The van der Waals surface area contributed by atoms with Crippen LogP contribution in [0.3, 0.4) is 0 Å². The average Bonchev–Trinajstić information content (AvgIpc) is 0.784. The van der Waals surface area contributed by atoms with Crippen LogP contribution in [0.2, 0.25) is 0 Å². The second-order valence-electron chi connectivity index (χ2n) is 37.0. The molecule has 6 aromatic rings. The van der Waals surface area contributed by atoms with E-state index in [2.05, 4.69) is 60.3 Å². The molecule has 696 valence electrons. The Hall–Kier alpha value is -9.42. The van der Waals surface area contributed by atoms with Crippen LogP contribution in [0, 0.1) is 41.5 Å². The van der Waals surface area contributed by atoms with Gasteiger partial charge >= 0.3 is 0 Å². The Labute approximate surface area is 742 Å². The van der Waals surface area contributed by atoms with Crippen molar-refractivity contribution in [3.63, 3.8) is 0 Å². The van der Waals surface area contributed by atoms with Crippen LogP contribution in [-0.2, 0) is 19.6 Å². The quantitative estimate of drug-likeness (QED) is 0.0212. The van der Waals surface area contributed by atoms with Gasteiger partial charge in [0.25, 0.3) is 34.4 Å². The Kier molecular flexibility index (Phi) is 31.5. The SMILES string of the molecule is CCN(c1cc(OC2CC(N3CCCCC3)C2)cc(C(=O)NCc2c(O)cc(C)[nH]c2=O)c1C)C1CCC(F)(F)CC1.CCN(c1cc(OC2CC(N3CCCCC3)C2)cc(C(=O)NCc2c(O)cc(C)[nH]c2=O)c1C)C1CCC(F)(F)CC1.CCN(c1cc(OC2CC(N3CCCCC3)C2)cc(C(=O)NCc2c(OC)cc(C)[nH]c2=O)c1C)C1CCC(F)(F)CC1. The molecule has 6 heterocycles. The number of piperidine rings is 3. The number of methoxy groups -OCH3 is 1. The zero-order valence-electron chi connectivity index (χ0n) is 75.9. The van der Waals surface area contributed by atoms with E-state index in [0.717, 1.165) is 112 Å². The van der Waals surface area contributed by atoms with E-state index < -0.39 is 40.7 Å². The molecule has 9 aliphatic rings. The molecule has 8 N–H and O–H groups in total. The number of likely N-dealkylation sites (tertiary alicyclic amines) is 3. The van der Waals surface area contributed by atoms with Gasteiger partial charge in [0.15, 0.2) is 0 Å². The van der Waals surface area contributed by atoms with E-state index in [0.29, 0.717) is 139 Å². The Morgan fingerprint density at radius 3 is 0.921 bits per heavy atom. The predicted molar refractivity (Wildman–Crippen MR) is 482 cm³/mol. The Morgan fingerprint density at radius 2 is 0.661 bits per heavy atom. The van der Waals surface area contributed by atoms with Crippen LogP contribution in [0.15, 0.2) is 69.0 Å². The van der Waals surface area contributed by atoms with E-state index >= 15 is 0 Å². The molecule has 0 radical (unpaired) electrons. The monoisotopic (exact) mass is 1770 g/mol. The van der Waals surface area contributed by atoms with E-state index in [-0.39, 0.29) is 129 Å². The molecule has 6 saturated carbocycles. The van der Waals surface area contributed by atoms with Gasteiger partial charge in [-0.3, -0.25) is 28.8 Å². The van der Waals surface area contributed by atoms with E-state index in [9.17, 15) is 65.3 Å². The van der Waals surface area contributed by atoms with Gasteiger partial charge in [-0.05, 0) is 232 Å². The number of aromatic nitrogens is 3. The highest BCUT2D eigenvalue weighted by Gasteiger charge is 2.44. The lowest BCUT2D eigenvalue weighted by Gasteiger charge is -2.44. The second kappa shape index (κ2) is 42.0. The van der Waals surface area contributed by atoms with Crippen LogP contribution in [0.4, 0.5) is 43.4 Å². The highest BCUT2D eigenvalue weighted by atomic mass is 19.3. The van der Waals surface area contributed by atoms with Crippen molar-refractivity contribution < 1.29 is 69.9 Å². The van der Waals surface area contributed by atoms with Gasteiger partial charge in [-0.15, -0.1) is 0 Å². The number of benzene rings is 3. The normalized spacial score (nSPS) is 22.7. The number of anilines is 3. The molecule has 6 aliphatic carbocycles. The van der Waals surface area contributed by atoms with Crippen LogP contribution >= 0.6 is 0 Å². The van der Waals surface area contributed by atoms with Crippen LogP contribution in [0.1, 0.15) is 276 Å². The first-order chi connectivity index (χ1) is 60.7. The number of carbonyl (C=O) groups is 3. The summed E-state index contributed by atoms with van der Waals surface area (Å²) in [7, 11) is 1.49. The van der Waals surface area contributed by atoms with E-state index in [1.165, 1.54) is 77.0 Å². The van der Waals surface area contributed by atoms with Gasteiger partial charge in [0.05, 0.1) is 43.4 Å². The fourth-order valence-electron chi connectivity index (χ4n) is 20.5. The van der Waals surface area contributed by atoms with Crippen molar-refractivity contribution in [2.24, 2.45) is 0 Å². The van der Waals surface area contributed by atoms with Crippen LogP contribution in [0.25, 0.3) is 0 Å². The van der Waals surface area contributed by atoms with E-state index in [4.69, 9.17) is 18.9 Å². The predicted octanol–water partition coefficient (Wildman–Crippen LogP) is 16.6. The molecule has 3 aliphatic heterocycles. The number of carbonyl (C=O) groups excluding carboxylic acids is 3. The topological polar surface area (TPSA) is 283 Å². The highest BCUT2D eigenvalue weighted by molar-refractivity contribution is 5.99. The Morgan fingerprint density at radius 1 is 0.402 bits per heavy atom. The summed E-state index contributed by atoms with van der Waals surface area (Å²) in [5.74, 6) is -7.18. The molecule has 3 aromatic heterocycles. The lowest BCUT2D eigenvalue weighted by Crippen LogP contribution is -2.50. The standard InChI is InChI=1S/C33H46F2N4O4.2C32H44F2N4O4/c1-5-39(23-9-11-33(34,35)12-10-23)29-19-26(43-25-16-24(17-25)38-13-7-6-8-14-38)18-27(22(29)3)31(40)36-20-28-30(42-4)15-21(2)37-32(28)41;2*1-4-38(22-8-10-32(33,34)11-9-22)28-18-25(42-24-15-23(16-24)37-12-6-5-7-13-37)17-26(21(28)3)30(40)35-19-27-29(39)14-20(2)36-31(27)41/h15,18-19,23-25H,5-14,16-17,20H2,1-4H3,(H,36,40)(H,37,41);2*14,17-18,22-24H,4-13,15-16,19H2,1-3H3,(H,35,40)(H2,36,39,41). The molecule has 0 spiro atoms. The summed E-state index contributed by atoms with van der Waals surface area (Å²) in [6.45, 7) is 25.1. The third-order valence-electron chi connectivity index (χ3n) is 28.2. The number of hydrogen-bond acceptors (Lipinski definition) is 18. The molecule has 9 fully saturated rings. The first-order valence-electron chi connectivity index (χ1n) is 46.7. The number of hydrogen-bond donors (Lipinski definition) is 8. The van der Waals surface area contributed by atoms with Crippen molar-refractivity contribution in [3.8, 4) is 34.5 Å². The zero-order valence-corrected chi connectivity index (χ0v) is 75.9. The number of alkyl halides is 6. The van der Waals surface area contributed by atoms with Gasteiger partial charge in [-0.1, -0.05) is 19.3 Å². The largest absolute Gasteiger partial charge is 0.507 e. The number of nitrogens with one attached hydrogen (secondary N) is 6. The molecule has 30 heteroatoms. The molecule has 0 bridgehead atoms. The van der Waals surface area contributed by atoms with Crippen molar-refractivity contribution in [1.29, 1.82) is 0 Å². The Balaban J connectivity index is 0.000000163. The number of aryl methyl sites for hydroxylation is 3. The molecular weight excluding hydrogens is 1640 g/mol. The number of nitrogens with zero attached hydrogens (tertiary/aromatic N) is 6. The summed E-state index contributed by atoms with van der Waals surface area (Å²) >= 11 is 0. The lowest BCUT2D eigenvalue weighted by molar-refractivity contribution is -0.0386. The van der Waals surface area contributed by atoms with Crippen molar-refractivity contribution >= 4 is 34.8 Å². The minimum absolute atomic E-state index is 0.00713. The molecule has 0 atom stereocenters. The molecule has 127 heavy (non-hydrogen) atoms. The van der Waals surface area contributed by atoms with Crippen LogP contribution in [0.5, 0.6) is 34.5 Å². The van der Waals surface area contributed by atoms with Gasteiger partial charge in [-0.2, -0.15) is 0 Å². The maximum absolute atomic E-state index is 14.0. The number of aromatic hydroxyl groups is 2. The molecule has 0 unspecified atom stereocenters. The van der Waals surface area contributed by atoms with Gasteiger partial charge < -0.3 is 89.5 Å².